The third-order valence-electron chi connectivity index (χ3n) is 6.18. The number of amides is 1. The monoisotopic (exact) mass is 353 g/mol. The van der Waals surface area contributed by atoms with E-state index in [1.165, 1.54) is 0 Å². The average Bonchev–Trinajstić information content (AvgIpc) is 2.93. The highest BCUT2D eigenvalue weighted by atomic mass is 16.4. The molecule has 1 amide bonds. The maximum absolute atomic E-state index is 12.5. The zero-order valence-corrected chi connectivity index (χ0v) is 15.4. The van der Waals surface area contributed by atoms with Crippen molar-refractivity contribution in [1.29, 1.82) is 0 Å². The summed E-state index contributed by atoms with van der Waals surface area (Å²) in [5.74, 6) is -1.23. The number of hydrogen-bond donors (Lipinski definition) is 4. The fourth-order valence-electron chi connectivity index (χ4n) is 4.69. The first-order valence-electron chi connectivity index (χ1n) is 9.40. The van der Waals surface area contributed by atoms with E-state index in [9.17, 15) is 19.7 Å². The first kappa shape index (κ1) is 20.2. The van der Waals surface area contributed by atoms with Crippen LogP contribution >= 0.6 is 0 Å². The number of carboxylic acids is 1. The van der Waals surface area contributed by atoms with Gasteiger partial charge in [0.2, 0.25) is 5.91 Å². The second kappa shape index (κ2) is 7.64. The van der Waals surface area contributed by atoms with Gasteiger partial charge in [-0.15, -0.1) is 0 Å². The maximum atomic E-state index is 12.5. The van der Waals surface area contributed by atoms with E-state index in [1.807, 2.05) is 4.90 Å². The summed E-state index contributed by atoms with van der Waals surface area (Å²) in [4.78, 5) is 26.3. The number of likely N-dealkylation sites (tertiary alicyclic amines) is 1. The lowest BCUT2D eigenvalue weighted by molar-refractivity contribution is -0.151. The minimum atomic E-state index is -1.25. The lowest BCUT2D eigenvalue weighted by Gasteiger charge is -2.50. The third-order valence-corrected chi connectivity index (χ3v) is 6.18. The molecule has 2 aliphatic rings. The average molecular weight is 353 g/mol. The van der Waals surface area contributed by atoms with Gasteiger partial charge in [-0.3, -0.25) is 9.59 Å². The summed E-state index contributed by atoms with van der Waals surface area (Å²) in [6.07, 6.45) is 5.39. The van der Waals surface area contributed by atoms with Crippen LogP contribution in [-0.4, -0.2) is 57.5 Å². The van der Waals surface area contributed by atoms with E-state index in [0.29, 0.717) is 38.5 Å². The summed E-state index contributed by atoms with van der Waals surface area (Å²) < 4.78 is 0. The summed E-state index contributed by atoms with van der Waals surface area (Å²) in [6.45, 7) is 3.71. The Morgan fingerprint density at radius 3 is 2.60 bits per heavy atom. The Balaban J connectivity index is 2.20. The molecule has 0 bridgehead atoms. The molecule has 4 atom stereocenters. The highest BCUT2D eigenvalue weighted by Gasteiger charge is 2.55. The van der Waals surface area contributed by atoms with E-state index < -0.39 is 24.5 Å². The van der Waals surface area contributed by atoms with Gasteiger partial charge in [-0.05, 0) is 57.7 Å². The number of nitrogens with zero attached hydrogens (tertiary/aromatic N) is 1. The van der Waals surface area contributed by atoms with Gasteiger partial charge in [-0.2, -0.15) is 0 Å². The zero-order valence-electron chi connectivity index (χ0n) is 15.4. The fourth-order valence-corrected chi connectivity index (χ4v) is 4.69. The molecule has 2 fully saturated rings. The Morgan fingerprint density at radius 1 is 1.36 bits per heavy atom. The lowest BCUT2D eigenvalue weighted by atomic mass is 9.61. The number of hydrogen-bond acceptors (Lipinski definition) is 5. The molecule has 142 valence electrons. The molecule has 0 radical (unpaired) electrons. The van der Waals surface area contributed by atoms with E-state index in [1.54, 1.807) is 13.7 Å². The van der Waals surface area contributed by atoms with E-state index in [4.69, 9.17) is 11.5 Å². The molecule has 2 rings (SSSR count). The molecule has 0 aromatic rings. The van der Waals surface area contributed by atoms with Crippen molar-refractivity contribution in [3.63, 3.8) is 0 Å². The van der Waals surface area contributed by atoms with Gasteiger partial charge in [0.1, 0.15) is 5.54 Å². The molecule has 0 aromatic heterocycles. The molecule has 1 saturated carbocycles. The largest absolute Gasteiger partial charge is 0.480 e. The molecular weight excluding hydrogens is 321 g/mol. The molecule has 1 spiro atoms. The van der Waals surface area contributed by atoms with Crippen LogP contribution in [0.3, 0.4) is 0 Å². The number of aliphatic carboxylic acids is 1. The van der Waals surface area contributed by atoms with Crippen LogP contribution in [0.1, 0.15) is 51.9 Å². The van der Waals surface area contributed by atoms with Gasteiger partial charge in [0.15, 0.2) is 0 Å². The van der Waals surface area contributed by atoms with Crippen LogP contribution in [0.5, 0.6) is 0 Å². The fraction of sp³-hybridized carbons (Fsp3) is 0.882. The predicted molar refractivity (Wildman–Crippen MR) is 97.1 cm³/mol. The molecule has 1 aliphatic heterocycles. The third kappa shape index (κ3) is 4.01. The van der Waals surface area contributed by atoms with Crippen molar-refractivity contribution in [2.24, 2.45) is 17.4 Å². The highest BCUT2D eigenvalue weighted by molar-refractivity contribution is 6.48. The number of nitrogens with two attached hydrogens (primary N) is 2. The van der Waals surface area contributed by atoms with E-state index in [0.717, 1.165) is 19.3 Å². The summed E-state index contributed by atoms with van der Waals surface area (Å²) in [7, 11) is 0. The minimum Gasteiger partial charge on any atom is -0.480 e. The van der Waals surface area contributed by atoms with Crippen LogP contribution in [0.25, 0.3) is 0 Å². The van der Waals surface area contributed by atoms with E-state index in [2.05, 4.69) is 0 Å². The Labute approximate surface area is 150 Å². The zero-order chi connectivity index (χ0) is 18.8. The first-order valence-corrected chi connectivity index (χ1v) is 9.40. The molecular formula is C17H32BN3O4. The number of carboxylic acid groups (broad SMARTS) is 1. The van der Waals surface area contributed by atoms with Crippen molar-refractivity contribution in [3.8, 4) is 0 Å². The van der Waals surface area contributed by atoms with Crippen LogP contribution in [0.15, 0.2) is 0 Å². The molecule has 1 aliphatic carbocycles. The van der Waals surface area contributed by atoms with Gasteiger partial charge in [-0.25, -0.2) is 0 Å². The van der Waals surface area contributed by atoms with Crippen molar-refractivity contribution < 1.29 is 19.7 Å². The van der Waals surface area contributed by atoms with Gasteiger partial charge in [-0.1, -0.05) is 13.2 Å². The summed E-state index contributed by atoms with van der Waals surface area (Å²) >= 11 is 0. The van der Waals surface area contributed by atoms with Crippen molar-refractivity contribution in [1.82, 2.24) is 4.90 Å². The summed E-state index contributed by atoms with van der Waals surface area (Å²) in [5, 5.41) is 19.2. The molecule has 1 heterocycles. The van der Waals surface area contributed by atoms with Crippen LogP contribution in [0.4, 0.5) is 0 Å². The van der Waals surface area contributed by atoms with Crippen LogP contribution in [0, 0.1) is 5.92 Å². The Morgan fingerprint density at radius 2 is 2.04 bits per heavy atom. The SMILES string of the molecule is CB(O)CCCC1CC2(CCCN2C(=O)C(C)N)CCC1(N)C(=O)O. The summed E-state index contributed by atoms with van der Waals surface area (Å²) in [6, 6.07) is -0.548. The molecule has 4 unspecified atom stereocenters. The van der Waals surface area contributed by atoms with Gasteiger partial charge in [0.05, 0.1) is 6.04 Å². The second-order valence-electron chi connectivity index (χ2n) is 8.13. The normalized spacial score (nSPS) is 33.5. The number of rotatable bonds is 6. The molecule has 6 N–H and O–H groups in total. The van der Waals surface area contributed by atoms with E-state index in [-0.39, 0.29) is 17.4 Å². The Bertz CT molecular complexity index is 516. The van der Waals surface area contributed by atoms with Gasteiger partial charge >= 0.3 is 5.97 Å². The quantitative estimate of drug-likeness (QED) is 0.519. The number of carbonyl (C=O) groups excluding carboxylic acids is 1. The minimum absolute atomic E-state index is 0.0555. The van der Waals surface area contributed by atoms with Crippen LogP contribution in [0.2, 0.25) is 13.1 Å². The van der Waals surface area contributed by atoms with Gasteiger partial charge in [0, 0.05) is 12.1 Å². The van der Waals surface area contributed by atoms with Crippen molar-refractivity contribution in [3.05, 3.63) is 0 Å². The Hall–Kier alpha value is -1.12. The number of carbonyl (C=O) groups is 2. The van der Waals surface area contributed by atoms with Crippen molar-refractivity contribution >= 4 is 18.8 Å². The highest BCUT2D eigenvalue weighted by Crippen LogP contribution is 2.48. The lowest BCUT2D eigenvalue weighted by Crippen LogP contribution is -2.64. The van der Waals surface area contributed by atoms with Crippen LogP contribution < -0.4 is 11.5 Å². The molecule has 1 saturated heterocycles. The molecule has 25 heavy (non-hydrogen) atoms. The summed E-state index contributed by atoms with van der Waals surface area (Å²) in [5.41, 5.74) is 10.6. The maximum Gasteiger partial charge on any atom is 0.323 e. The molecule has 8 heteroatoms. The Kier molecular flexibility index (Phi) is 6.17. The van der Waals surface area contributed by atoms with Crippen molar-refractivity contribution in [2.45, 2.75) is 82.1 Å². The van der Waals surface area contributed by atoms with E-state index >= 15 is 0 Å². The van der Waals surface area contributed by atoms with Crippen molar-refractivity contribution in [2.75, 3.05) is 6.54 Å². The van der Waals surface area contributed by atoms with Gasteiger partial charge < -0.3 is 26.5 Å². The first-order chi connectivity index (χ1) is 11.6. The van der Waals surface area contributed by atoms with Gasteiger partial charge in [0.25, 0.3) is 6.92 Å². The standard InChI is InChI=1S/C17H32BN3O4/c1-12(19)14(22)21-10-4-6-16(21)7-8-17(20,15(23)24)13(11-16)5-3-9-18(2)25/h12-13,25H,3-11,19-20H2,1-2H3,(H,23,24). The molecule has 7 nitrogen and oxygen atoms in total. The molecule has 0 aromatic carbocycles. The smallest absolute Gasteiger partial charge is 0.323 e. The predicted octanol–water partition coefficient (Wildman–Crippen LogP) is 0.671. The van der Waals surface area contributed by atoms with Crippen LogP contribution in [-0.2, 0) is 9.59 Å². The topological polar surface area (TPSA) is 130 Å². The second-order valence-corrected chi connectivity index (χ2v) is 8.13.